The Balaban J connectivity index is 2.53. The molecule has 5 nitrogen and oxygen atoms in total. The number of carboxylic acid groups (broad SMARTS) is 1. The van der Waals surface area contributed by atoms with Crippen molar-refractivity contribution in [1.82, 2.24) is 0 Å². The molecule has 0 spiro atoms. The van der Waals surface area contributed by atoms with Crippen LogP contribution in [0.5, 0.6) is 0 Å². The maximum absolute atomic E-state index is 11.8. The van der Waals surface area contributed by atoms with Crippen LogP contribution in [0.25, 0.3) is 0 Å². The third kappa shape index (κ3) is 1.95. The fraction of sp³-hybridized carbons (Fsp3) is 0.333. The van der Waals surface area contributed by atoms with Crippen LogP contribution in [0.1, 0.15) is 24.2 Å². The van der Waals surface area contributed by atoms with Gasteiger partial charge in [-0.05, 0) is 19.1 Å². The molecule has 0 saturated carbocycles. The number of benzene rings is 1. The molecule has 0 aromatic heterocycles. The van der Waals surface area contributed by atoms with E-state index in [0.29, 0.717) is 11.4 Å². The van der Waals surface area contributed by atoms with Gasteiger partial charge in [-0.2, -0.15) is 0 Å². The standard InChI is InChI=1S/C12H14N2O3/c1-6-7(2)13-10-8(12(16)17)4-3-5-9(10)14-11(6)15/h3-7,13H,1-2H3,(H,14,15)(H,16,17). The van der Waals surface area contributed by atoms with Crippen LogP contribution in [0.15, 0.2) is 18.2 Å². The van der Waals surface area contributed by atoms with E-state index < -0.39 is 5.97 Å². The Morgan fingerprint density at radius 1 is 1.35 bits per heavy atom. The molecule has 3 N–H and O–H groups in total. The van der Waals surface area contributed by atoms with Gasteiger partial charge >= 0.3 is 5.97 Å². The number of aromatic carboxylic acids is 1. The molecule has 1 aromatic carbocycles. The monoisotopic (exact) mass is 234 g/mol. The highest BCUT2D eigenvalue weighted by atomic mass is 16.4. The van der Waals surface area contributed by atoms with Gasteiger partial charge in [0, 0.05) is 6.04 Å². The maximum Gasteiger partial charge on any atom is 0.337 e. The molecule has 0 bridgehead atoms. The minimum Gasteiger partial charge on any atom is -0.478 e. The molecule has 0 saturated heterocycles. The summed E-state index contributed by atoms with van der Waals surface area (Å²) >= 11 is 0. The van der Waals surface area contributed by atoms with Crippen molar-refractivity contribution in [2.45, 2.75) is 19.9 Å². The van der Waals surface area contributed by atoms with Crippen LogP contribution in [0.3, 0.4) is 0 Å². The zero-order chi connectivity index (χ0) is 12.6. The molecule has 0 fully saturated rings. The van der Waals surface area contributed by atoms with E-state index in [1.807, 2.05) is 6.92 Å². The van der Waals surface area contributed by atoms with Crippen molar-refractivity contribution < 1.29 is 14.7 Å². The fourth-order valence-electron chi connectivity index (χ4n) is 1.82. The minimum absolute atomic E-state index is 0.105. The van der Waals surface area contributed by atoms with E-state index in [2.05, 4.69) is 10.6 Å². The summed E-state index contributed by atoms with van der Waals surface area (Å²) in [5.74, 6) is -1.33. The maximum atomic E-state index is 11.8. The number of carbonyl (C=O) groups is 2. The summed E-state index contributed by atoms with van der Waals surface area (Å²) in [6.45, 7) is 3.66. The molecule has 1 amide bonds. The van der Waals surface area contributed by atoms with E-state index in [9.17, 15) is 9.59 Å². The normalized spacial score (nSPS) is 23.1. The second kappa shape index (κ2) is 4.08. The lowest BCUT2D eigenvalue weighted by molar-refractivity contribution is -0.119. The van der Waals surface area contributed by atoms with Crippen LogP contribution >= 0.6 is 0 Å². The van der Waals surface area contributed by atoms with Gasteiger partial charge in [0.25, 0.3) is 0 Å². The summed E-state index contributed by atoms with van der Waals surface area (Å²) in [5, 5.41) is 14.9. The number of nitrogens with one attached hydrogen (secondary N) is 2. The summed E-state index contributed by atoms with van der Waals surface area (Å²) in [6, 6.07) is 4.71. The van der Waals surface area contributed by atoms with Gasteiger partial charge in [-0.1, -0.05) is 13.0 Å². The number of hydrogen-bond donors (Lipinski definition) is 3. The molecule has 5 heteroatoms. The van der Waals surface area contributed by atoms with Crippen molar-refractivity contribution in [2.24, 2.45) is 5.92 Å². The number of anilines is 2. The summed E-state index contributed by atoms with van der Waals surface area (Å²) in [5.41, 5.74) is 1.17. The Hall–Kier alpha value is -2.04. The SMILES string of the molecule is CC1Nc2c(cccc2C(=O)O)NC(=O)C1C. The third-order valence-electron chi connectivity index (χ3n) is 3.09. The van der Waals surface area contributed by atoms with Crippen LogP contribution in [0, 0.1) is 5.92 Å². The number of fused-ring (bicyclic) bond motifs is 1. The average Bonchev–Trinajstić information content (AvgIpc) is 2.38. The van der Waals surface area contributed by atoms with Crippen LogP contribution in [-0.4, -0.2) is 23.0 Å². The second-order valence-corrected chi connectivity index (χ2v) is 4.24. The minimum atomic E-state index is -1.01. The van der Waals surface area contributed by atoms with Gasteiger partial charge in [-0.25, -0.2) is 4.79 Å². The smallest absolute Gasteiger partial charge is 0.337 e. The van der Waals surface area contributed by atoms with Gasteiger partial charge in [0.1, 0.15) is 0 Å². The van der Waals surface area contributed by atoms with Crippen LogP contribution in [-0.2, 0) is 4.79 Å². The Kier molecular flexibility index (Phi) is 2.75. The largest absolute Gasteiger partial charge is 0.478 e. The predicted octanol–water partition coefficient (Wildman–Crippen LogP) is 1.77. The molecule has 0 aliphatic carbocycles. The lowest BCUT2D eigenvalue weighted by Crippen LogP contribution is -2.30. The van der Waals surface area contributed by atoms with Crippen LogP contribution < -0.4 is 10.6 Å². The highest BCUT2D eigenvalue weighted by Crippen LogP contribution is 2.31. The molecule has 1 aliphatic heterocycles. The van der Waals surface area contributed by atoms with Gasteiger partial charge in [-0.3, -0.25) is 4.79 Å². The molecular weight excluding hydrogens is 220 g/mol. The van der Waals surface area contributed by atoms with Crippen molar-refractivity contribution >= 4 is 23.3 Å². The van der Waals surface area contributed by atoms with Crippen molar-refractivity contribution in [3.8, 4) is 0 Å². The van der Waals surface area contributed by atoms with Crippen molar-refractivity contribution in [2.75, 3.05) is 10.6 Å². The highest BCUT2D eigenvalue weighted by Gasteiger charge is 2.27. The van der Waals surface area contributed by atoms with E-state index in [1.54, 1.807) is 19.1 Å². The first-order chi connectivity index (χ1) is 8.00. The van der Waals surface area contributed by atoms with Gasteiger partial charge in [-0.15, -0.1) is 0 Å². The average molecular weight is 234 g/mol. The molecule has 2 rings (SSSR count). The molecular formula is C12H14N2O3. The second-order valence-electron chi connectivity index (χ2n) is 4.24. The summed E-state index contributed by atoms with van der Waals surface area (Å²) < 4.78 is 0. The first-order valence-corrected chi connectivity index (χ1v) is 5.44. The number of carboxylic acids is 1. The summed E-state index contributed by atoms with van der Waals surface area (Å²) in [6.07, 6.45) is 0. The molecule has 17 heavy (non-hydrogen) atoms. The molecule has 1 aliphatic rings. The Bertz CT molecular complexity index is 485. The van der Waals surface area contributed by atoms with Crippen molar-refractivity contribution in [1.29, 1.82) is 0 Å². The topological polar surface area (TPSA) is 78.4 Å². The number of para-hydroxylation sites is 1. The van der Waals surface area contributed by atoms with Crippen LogP contribution in [0.2, 0.25) is 0 Å². The number of amides is 1. The summed E-state index contributed by atoms with van der Waals surface area (Å²) in [7, 11) is 0. The summed E-state index contributed by atoms with van der Waals surface area (Å²) in [4.78, 5) is 22.9. The van der Waals surface area contributed by atoms with E-state index >= 15 is 0 Å². The Morgan fingerprint density at radius 2 is 2.06 bits per heavy atom. The van der Waals surface area contributed by atoms with E-state index in [1.165, 1.54) is 6.07 Å². The van der Waals surface area contributed by atoms with Crippen LogP contribution in [0.4, 0.5) is 11.4 Å². The third-order valence-corrected chi connectivity index (χ3v) is 3.09. The number of carbonyl (C=O) groups excluding carboxylic acids is 1. The molecule has 2 unspecified atom stereocenters. The Labute approximate surface area is 98.8 Å². The zero-order valence-electron chi connectivity index (χ0n) is 9.65. The molecule has 0 radical (unpaired) electrons. The Morgan fingerprint density at radius 3 is 2.71 bits per heavy atom. The van der Waals surface area contributed by atoms with Crippen molar-refractivity contribution in [3.05, 3.63) is 23.8 Å². The van der Waals surface area contributed by atoms with Gasteiger partial charge < -0.3 is 15.7 Å². The van der Waals surface area contributed by atoms with E-state index in [-0.39, 0.29) is 23.4 Å². The molecule has 2 atom stereocenters. The van der Waals surface area contributed by atoms with E-state index in [0.717, 1.165) is 0 Å². The fourth-order valence-corrected chi connectivity index (χ4v) is 1.82. The number of hydrogen-bond acceptors (Lipinski definition) is 3. The highest BCUT2D eigenvalue weighted by molar-refractivity contribution is 6.04. The van der Waals surface area contributed by atoms with E-state index in [4.69, 9.17) is 5.11 Å². The lowest BCUT2D eigenvalue weighted by Gasteiger charge is -2.17. The predicted molar refractivity (Wildman–Crippen MR) is 64.3 cm³/mol. The first kappa shape index (κ1) is 11.4. The van der Waals surface area contributed by atoms with Crippen molar-refractivity contribution in [3.63, 3.8) is 0 Å². The molecule has 1 heterocycles. The molecule has 1 aromatic rings. The van der Waals surface area contributed by atoms with Gasteiger partial charge in [0.05, 0.1) is 22.9 Å². The number of rotatable bonds is 1. The zero-order valence-corrected chi connectivity index (χ0v) is 9.65. The first-order valence-electron chi connectivity index (χ1n) is 5.44. The van der Waals surface area contributed by atoms with Gasteiger partial charge in [0.15, 0.2) is 0 Å². The quantitative estimate of drug-likeness (QED) is 0.692. The molecule has 90 valence electrons. The van der Waals surface area contributed by atoms with Gasteiger partial charge in [0.2, 0.25) is 5.91 Å². The lowest BCUT2D eigenvalue weighted by atomic mass is 10.0.